The van der Waals surface area contributed by atoms with E-state index in [4.69, 9.17) is 0 Å². The first kappa shape index (κ1) is 21.7. The van der Waals surface area contributed by atoms with Crippen molar-refractivity contribution in [2.45, 2.75) is 18.9 Å². The average molecular weight is 467 g/mol. The highest BCUT2D eigenvalue weighted by molar-refractivity contribution is 8.00. The fourth-order valence-corrected chi connectivity index (χ4v) is 5.11. The van der Waals surface area contributed by atoms with Crippen molar-refractivity contribution < 1.29 is 14.8 Å². The van der Waals surface area contributed by atoms with Gasteiger partial charge < -0.3 is 10.4 Å². The third-order valence-electron chi connectivity index (χ3n) is 4.81. The topological polar surface area (TPSA) is 118 Å². The molecule has 0 radical (unpaired) electrons. The Hall–Kier alpha value is -3.50. The van der Waals surface area contributed by atoms with Crippen molar-refractivity contribution in [2.24, 2.45) is 0 Å². The summed E-state index contributed by atoms with van der Waals surface area (Å²) in [5, 5.41) is 27.0. The number of benzene rings is 2. The van der Waals surface area contributed by atoms with Gasteiger partial charge in [0.25, 0.3) is 5.69 Å². The van der Waals surface area contributed by atoms with Gasteiger partial charge in [-0.25, -0.2) is 9.97 Å². The smallest absolute Gasteiger partial charge is 0.271 e. The van der Waals surface area contributed by atoms with Gasteiger partial charge >= 0.3 is 0 Å². The Labute approximate surface area is 191 Å². The number of thiophene rings is 1. The van der Waals surface area contributed by atoms with Gasteiger partial charge in [0, 0.05) is 23.1 Å². The van der Waals surface area contributed by atoms with Crippen LogP contribution in [-0.2, 0) is 4.79 Å². The largest absolute Gasteiger partial charge is 0.506 e. The van der Waals surface area contributed by atoms with Gasteiger partial charge in [-0.3, -0.25) is 14.9 Å². The zero-order valence-corrected chi connectivity index (χ0v) is 18.8. The molecular formula is C22H18N4O4S2. The van der Waals surface area contributed by atoms with Crippen LogP contribution in [0.4, 0.5) is 11.4 Å². The number of nitro benzene ring substituents is 1. The van der Waals surface area contributed by atoms with E-state index < -0.39 is 10.8 Å². The summed E-state index contributed by atoms with van der Waals surface area (Å²) < 4.78 is 0. The second-order valence-electron chi connectivity index (χ2n) is 7.12. The van der Waals surface area contributed by atoms with Crippen LogP contribution in [0.2, 0.25) is 0 Å². The average Bonchev–Trinajstić information content (AvgIpc) is 3.18. The Morgan fingerprint density at radius 2 is 2.00 bits per heavy atom. The number of nitro groups is 1. The number of carbonyl (C=O) groups is 1. The molecule has 2 N–H and O–H groups in total. The van der Waals surface area contributed by atoms with Crippen LogP contribution >= 0.6 is 23.1 Å². The third-order valence-corrected chi connectivity index (χ3v) is 6.69. The van der Waals surface area contributed by atoms with Crippen molar-refractivity contribution >= 4 is 50.6 Å². The number of amides is 1. The van der Waals surface area contributed by atoms with Crippen LogP contribution in [0.5, 0.6) is 5.75 Å². The molecule has 0 bridgehead atoms. The number of aryl methyl sites for hydroxylation is 2. The van der Waals surface area contributed by atoms with Crippen molar-refractivity contribution in [2.75, 3.05) is 11.1 Å². The number of phenolic OH excluding ortho intramolecular Hbond substituents is 1. The van der Waals surface area contributed by atoms with Gasteiger partial charge in [-0.1, -0.05) is 35.5 Å². The number of nitrogens with one attached hydrogen (secondary N) is 1. The molecule has 0 saturated carbocycles. The maximum Gasteiger partial charge on any atom is 0.271 e. The summed E-state index contributed by atoms with van der Waals surface area (Å²) in [7, 11) is 0. The maximum atomic E-state index is 12.5. The molecule has 1 amide bonds. The highest BCUT2D eigenvalue weighted by Crippen LogP contribution is 2.39. The van der Waals surface area contributed by atoms with E-state index in [9.17, 15) is 20.0 Å². The molecule has 0 aliphatic heterocycles. The SMILES string of the molecule is Cc1ccc(-c2csc3ncnc(SCC(=O)Nc4cc([N+](=O)[O-])ccc4O)c23)c(C)c1. The number of phenols is 1. The summed E-state index contributed by atoms with van der Waals surface area (Å²) in [4.78, 5) is 32.4. The van der Waals surface area contributed by atoms with Gasteiger partial charge in [-0.05, 0) is 31.0 Å². The summed E-state index contributed by atoms with van der Waals surface area (Å²) in [5.74, 6) is -0.648. The molecule has 0 atom stereocenters. The fourth-order valence-electron chi connectivity index (χ4n) is 3.33. The second kappa shape index (κ2) is 8.93. The predicted octanol–water partition coefficient (Wildman–Crippen LogP) is 5.32. The molecule has 0 fully saturated rings. The van der Waals surface area contributed by atoms with Crippen molar-refractivity contribution in [3.8, 4) is 16.9 Å². The number of non-ortho nitro benzene ring substituents is 1. The van der Waals surface area contributed by atoms with E-state index in [1.54, 1.807) is 0 Å². The summed E-state index contributed by atoms with van der Waals surface area (Å²) in [6.07, 6.45) is 1.47. The lowest BCUT2D eigenvalue weighted by molar-refractivity contribution is -0.384. The molecule has 0 saturated heterocycles. The first-order valence-electron chi connectivity index (χ1n) is 9.53. The lowest BCUT2D eigenvalue weighted by Gasteiger charge is -2.09. The molecule has 0 aliphatic rings. The highest BCUT2D eigenvalue weighted by atomic mass is 32.2. The van der Waals surface area contributed by atoms with Crippen LogP contribution in [-0.4, -0.2) is 31.7 Å². The summed E-state index contributed by atoms with van der Waals surface area (Å²) in [5.41, 5.74) is 4.19. The Morgan fingerprint density at radius 3 is 2.75 bits per heavy atom. The van der Waals surface area contributed by atoms with E-state index in [2.05, 4.69) is 40.4 Å². The van der Waals surface area contributed by atoms with Crippen LogP contribution in [0.1, 0.15) is 11.1 Å². The number of hydrogen-bond donors (Lipinski definition) is 2. The normalized spacial score (nSPS) is 10.9. The summed E-state index contributed by atoms with van der Waals surface area (Å²) in [6, 6.07) is 9.72. The van der Waals surface area contributed by atoms with E-state index >= 15 is 0 Å². The lowest BCUT2D eigenvalue weighted by Crippen LogP contribution is -2.14. The van der Waals surface area contributed by atoms with Crippen molar-refractivity contribution in [1.29, 1.82) is 0 Å². The van der Waals surface area contributed by atoms with Gasteiger partial charge in [0.15, 0.2) is 0 Å². The molecule has 2 aromatic heterocycles. The van der Waals surface area contributed by atoms with Crippen LogP contribution in [0.25, 0.3) is 21.3 Å². The molecule has 0 unspecified atom stereocenters. The summed E-state index contributed by atoms with van der Waals surface area (Å²) >= 11 is 2.76. The van der Waals surface area contributed by atoms with E-state index in [1.165, 1.54) is 47.1 Å². The van der Waals surface area contributed by atoms with E-state index in [0.717, 1.165) is 33.0 Å². The van der Waals surface area contributed by atoms with Crippen LogP contribution in [0.15, 0.2) is 53.1 Å². The minimum Gasteiger partial charge on any atom is -0.506 e. The number of hydrogen-bond acceptors (Lipinski definition) is 8. The van der Waals surface area contributed by atoms with Gasteiger partial charge in [0.05, 0.1) is 21.7 Å². The molecule has 2 aromatic carbocycles. The quantitative estimate of drug-likeness (QED) is 0.130. The zero-order chi connectivity index (χ0) is 22.8. The zero-order valence-electron chi connectivity index (χ0n) is 17.2. The molecular weight excluding hydrogens is 448 g/mol. The molecule has 0 aliphatic carbocycles. The lowest BCUT2D eigenvalue weighted by atomic mass is 9.99. The standard InChI is InChI=1S/C22H18N4O4S2/c1-12-3-5-15(13(2)7-12)16-9-31-21-20(16)22(24-11-23-21)32-10-19(28)25-17-8-14(26(29)30)4-6-18(17)27/h3-9,11,27H,10H2,1-2H3,(H,25,28). The number of anilines is 1. The van der Waals surface area contributed by atoms with Crippen molar-refractivity contribution in [3.63, 3.8) is 0 Å². The number of aromatic hydroxyl groups is 1. The molecule has 162 valence electrons. The predicted molar refractivity (Wildman–Crippen MR) is 126 cm³/mol. The van der Waals surface area contributed by atoms with E-state index in [0.29, 0.717) is 5.03 Å². The number of carbonyl (C=O) groups excluding carboxylic acids is 1. The molecule has 10 heteroatoms. The van der Waals surface area contributed by atoms with Gasteiger partial charge in [0.2, 0.25) is 5.91 Å². The van der Waals surface area contributed by atoms with E-state index in [1.807, 2.05) is 12.3 Å². The molecule has 4 aromatic rings. The van der Waals surface area contributed by atoms with Gasteiger partial charge in [0.1, 0.15) is 21.9 Å². The number of fused-ring (bicyclic) bond motifs is 1. The fraction of sp³-hybridized carbons (Fsp3) is 0.136. The first-order chi connectivity index (χ1) is 15.3. The maximum absolute atomic E-state index is 12.5. The monoisotopic (exact) mass is 466 g/mol. The van der Waals surface area contributed by atoms with Gasteiger partial charge in [-0.15, -0.1) is 11.3 Å². The Bertz CT molecular complexity index is 1350. The van der Waals surface area contributed by atoms with Crippen LogP contribution < -0.4 is 5.32 Å². The minimum absolute atomic E-state index is 0.0101. The highest BCUT2D eigenvalue weighted by Gasteiger charge is 2.17. The summed E-state index contributed by atoms with van der Waals surface area (Å²) in [6.45, 7) is 4.10. The van der Waals surface area contributed by atoms with E-state index in [-0.39, 0.29) is 22.9 Å². The Morgan fingerprint density at radius 1 is 1.19 bits per heavy atom. The minimum atomic E-state index is -0.591. The molecule has 0 spiro atoms. The molecule has 4 rings (SSSR count). The third kappa shape index (κ3) is 4.41. The van der Waals surface area contributed by atoms with Crippen molar-refractivity contribution in [1.82, 2.24) is 9.97 Å². The Kier molecular flexibility index (Phi) is 6.06. The first-order valence-corrected chi connectivity index (χ1v) is 11.4. The second-order valence-corrected chi connectivity index (χ2v) is 8.94. The molecule has 32 heavy (non-hydrogen) atoms. The number of rotatable bonds is 6. The van der Waals surface area contributed by atoms with Crippen LogP contribution in [0.3, 0.4) is 0 Å². The Balaban J connectivity index is 1.58. The van der Waals surface area contributed by atoms with Gasteiger partial charge in [-0.2, -0.15) is 0 Å². The van der Waals surface area contributed by atoms with Crippen molar-refractivity contribution in [3.05, 3.63) is 69.3 Å². The molecule has 8 nitrogen and oxygen atoms in total. The molecule has 2 heterocycles. The number of nitrogens with zero attached hydrogens (tertiary/aromatic N) is 3. The van der Waals surface area contributed by atoms with Crippen LogP contribution in [0, 0.1) is 24.0 Å². The number of thioether (sulfide) groups is 1. The number of aromatic nitrogens is 2.